The summed E-state index contributed by atoms with van der Waals surface area (Å²) >= 11 is 0. The fraction of sp³-hybridized carbons (Fsp3) is 0.286. The van der Waals surface area contributed by atoms with Gasteiger partial charge in [0.25, 0.3) is 0 Å². The summed E-state index contributed by atoms with van der Waals surface area (Å²) in [5.74, 6) is -1.06. The lowest BCUT2D eigenvalue weighted by Crippen LogP contribution is -2.23. The minimum atomic E-state index is -1.22. The number of phenols is 1. The smallest absolute Gasteiger partial charge is 0.341 e. The van der Waals surface area contributed by atoms with Crippen LogP contribution in [0, 0.1) is 0 Å². The van der Waals surface area contributed by atoms with Gasteiger partial charge >= 0.3 is 5.97 Å². The molecule has 0 amide bonds. The molecule has 2 aromatic rings. The van der Waals surface area contributed by atoms with Crippen LogP contribution in [0.25, 0.3) is 10.9 Å². The zero-order valence-corrected chi connectivity index (χ0v) is 10.4. The Kier molecular flexibility index (Phi) is 2.38. The first kappa shape index (κ1) is 11.8. The van der Waals surface area contributed by atoms with Crippen molar-refractivity contribution in [2.24, 2.45) is 0 Å². The molecule has 5 heteroatoms. The molecule has 1 atom stereocenters. The van der Waals surface area contributed by atoms with Crippen LogP contribution in [0.4, 0.5) is 0 Å². The third kappa shape index (κ3) is 1.54. The number of aromatic hydroxyl groups is 1. The molecular formula is C14H13NO4. The van der Waals surface area contributed by atoms with Crippen LogP contribution in [-0.2, 0) is 6.42 Å². The second kappa shape index (κ2) is 3.85. The Labute approximate surface area is 108 Å². The monoisotopic (exact) mass is 259 g/mol. The summed E-state index contributed by atoms with van der Waals surface area (Å²) in [6.07, 6.45) is 2.89. The third-order valence-corrected chi connectivity index (χ3v) is 3.79. The average Bonchev–Trinajstić information content (AvgIpc) is 2.37. The first-order chi connectivity index (χ1) is 9.00. The van der Waals surface area contributed by atoms with E-state index in [1.807, 2.05) is 6.92 Å². The molecule has 2 N–H and O–H groups in total. The van der Waals surface area contributed by atoms with Crippen molar-refractivity contribution in [3.05, 3.63) is 39.7 Å². The molecule has 1 aromatic carbocycles. The summed E-state index contributed by atoms with van der Waals surface area (Å²) in [6.45, 7) is 1.97. The summed E-state index contributed by atoms with van der Waals surface area (Å²) in [5, 5.41) is 19.4. The highest BCUT2D eigenvalue weighted by molar-refractivity contribution is 5.94. The number of aromatic nitrogens is 1. The van der Waals surface area contributed by atoms with Gasteiger partial charge in [0, 0.05) is 23.2 Å². The van der Waals surface area contributed by atoms with E-state index in [4.69, 9.17) is 5.11 Å². The predicted octanol–water partition coefficient (Wildman–Crippen LogP) is 1.91. The zero-order chi connectivity index (χ0) is 13.7. The SMILES string of the molecule is CC1CCc2c(O)ccc3c(=O)c(C(=O)O)cn1c23. The van der Waals surface area contributed by atoms with Gasteiger partial charge in [0.05, 0.1) is 5.52 Å². The Morgan fingerprint density at radius 1 is 1.42 bits per heavy atom. The molecule has 0 bridgehead atoms. The van der Waals surface area contributed by atoms with Gasteiger partial charge < -0.3 is 14.8 Å². The van der Waals surface area contributed by atoms with Crippen molar-refractivity contribution in [2.45, 2.75) is 25.8 Å². The first-order valence-electron chi connectivity index (χ1n) is 6.13. The minimum Gasteiger partial charge on any atom is -0.508 e. The molecule has 19 heavy (non-hydrogen) atoms. The minimum absolute atomic E-state index is 0.107. The maximum absolute atomic E-state index is 12.2. The van der Waals surface area contributed by atoms with Gasteiger partial charge in [-0.1, -0.05) is 0 Å². The van der Waals surface area contributed by atoms with Gasteiger partial charge in [0.2, 0.25) is 5.43 Å². The standard InChI is InChI=1S/C14H13NO4/c1-7-2-3-8-11(16)5-4-9-12(8)15(7)6-10(13(9)17)14(18)19/h4-7,16H,2-3H2,1H3,(H,18,19). The number of pyridine rings is 1. The summed E-state index contributed by atoms with van der Waals surface area (Å²) in [7, 11) is 0. The number of benzene rings is 1. The quantitative estimate of drug-likeness (QED) is 0.819. The van der Waals surface area contributed by atoms with Gasteiger partial charge in [-0.25, -0.2) is 4.79 Å². The maximum atomic E-state index is 12.2. The molecule has 2 heterocycles. The Hall–Kier alpha value is -2.30. The molecule has 1 aliphatic rings. The highest BCUT2D eigenvalue weighted by Crippen LogP contribution is 2.34. The van der Waals surface area contributed by atoms with Crippen molar-refractivity contribution in [3.8, 4) is 5.75 Å². The highest BCUT2D eigenvalue weighted by atomic mass is 16.4. The second-order valence-corrected chi connectivity index (χ2v) is 4.93. The van der Waals surface area contributed by atoms with Gasteiger partial charge in [-0.15, -0.1) is 0 Å². The molecule has 0 saturated heterocycles. The van der Waals surface area contributed by atoms with E-state index < -0.39 is 11.4 Å². The predicted molar refractivity (Wildman–Crippen MR) is 69.9 cm³/mol. The number of phenolic OH excluding ortho intramolecular Hbond substituents is 1. The molecule has 0 fully saturated rings. The fourth-order valence-electron chi connectivity index (χ4n) is 2.75. The molecule has 0 saturated carbocycles. The van der Waals surface area contributed by atoms with Gasteiger partial charge in [-0.2, -0.15) is 0 Å². The number of rotatable bonds is 1. The van der Waals surface area contributed by atoms with E-state index in [1.54, 1.807) is 4.57 Å². The van der Waals surface area contributed by atoms with Gasteiger partial charge in [-0.05, 0) is 31.9 Å². The topological polar surface area (TPSA) is 79.5 Å². The molecule has 5 nitrogen and oxygen atoms in total. The van der Waals surface area contributed by atoms with Crippen molar-refractivity contribution < 1.29 is 15.0 Å². The van der Waals surface area contributed by atoms with Crippen LogP contribution in [0.3, 0.4) is 0 Å². The first-order valence-corrected chi connectivity index (χ1v) is 6.13. The molecule has 0 spiro atoms. The zero-order valence-electron chi connectivity index (χ0n) is 10.4. The third-order valence-electron chi connectivity index (χ3n) is 3.79. The van der Waals surface area contributed by atoms with Crippen molar-refractivity contribution in [1.82, 2.24) is 4.57 Å². The average molecular weight is 259 g/mol. The van der Waals surface area contributed by atoms with E-state index in [9.17, 15) is 14.7 Å². The van der Waals surface area contributed by atoms with E-state index >= 15 is 0 Å². The molecule has 1 unspecified atom stereocenters. The van der Waals surface area contributed by atoms with Crippen LogP contribution in [0.2, 0.25) is 0 Å². The van der Waals surface area contributed by atoms with Crippen LogP contribution >= 0.6 is 0 Å². The Bertz CT molecular complexity index is 760. The number of hydrogen-bond acceptors (Lipinski definition) is 3. The lowest BCUT2D eigenvalue weighted by Gasteiger charge is -2.26. The van der Waals surface area contributed by atoms with Gasteiger partial charge in [0.1, 0.15) is 11.3 Å². The lowest BCUT2D eigenvalue weighted by molar-refractivity contribution is 0.0694. The van der Waals surface area contributed by atoms with Crippen LogP contribution in [0.5, 0.6) is 5.75 Å². The normalized spacial score (nSPS) is 17.6. The largest absolute Gasteiger partial charge is 0.508 e. The highest BCUT2D eigenvalue weighted by Gasteiger charge is 2.24. The molecule has 0 radical (unpaired) electrons. The molecule has 1 aromatic heterocycles. The number of carboxylic acid groups (broad SMARTS) is 1. The molecule has 1 aliphatic heterocycles. The number of aromatic carboxylic acids is 1. The number of carboxylic acids is 1. The van der Waals surface area contributed by atoms with Crippen LogP contribution in [0.15, 0.2) is 23.1 Å². The van der Waals surface area contributed by atoms with Crippen molar-refractivity contribution in [1.29, 1.82) is 0 Å². The van der Waals surface area contributed by atoms with Gasteiger partial charge in [-0.3, -0.25) is 4.79 Å². The van der Waals surface area contributed by atoms with E-state index in [2.05, 4.69) is 0 Å². The van der Waals surface area contributed by atoms with E-state index in [0.29, 0.717) is 17.3 Å². The second-order valence-electron chi connectivity index (χ2n) is 4.93. The Morgan fingerprint density at radius 2 is 2.16 bits per heavy atom. The fourth-order valence-corrected chi connectivity index (χ4v) is 2.75. The Balaban J connectivity index is 2.54. The van der Waals surface area contributed by atoms with Crippen molar-refractivity contribution in [2.75, 3.05) is 0 Å². The number of carbonyl (C=O) groups is 1. The summed E-state index contributed by atoms with van der Waals surface area (Å²) < 4.78 is 1.79. The lowest BCUT2D eigenvalue weighted by atomic mass is 9.95. The summed E-state index contributed by atoms with van der Waals surface area (Å²) in [4.78, 5) is 23.3. The summed E-state index contributed by atoms with van der Waals surface area (Å²) in [6, 6.07) is 3.07. The van der Waals surface area contributed by atoms with Crippen LogP contribution in [-0.4, -0.2) is 20.7 Å². The van der Waals surface area contributed by atoms with Crippen molar-refractivity contribution in [3.63, 3.8) is 0 Å². The van der Waals surface area contributed by atoms with Gasteiger partial charge in [0.15, 0.2) is 0 Å². The van der Waals surface area contributed by atoms with Crippen LogP contribution < -0.4 is 5.43 Å². The number of hydrogen-bond donors (Lipinski definition) is 2. The van der Waals surface area contributed by atoms with E-state index in [0.717, 1.165) is 12.0 Å². The summed E-state index contributed by atoms with van der Waals surface area (Å²) in [5.41, 5.74) is 0.672. The number of nitrogens with zero attached hydrogens (tertiary/aromatic N) is 1. The molecule has 3 rings (SSSR count). The Morgan fingerprint density at radius 3 is 2.84 bits per heavy atom. The molecule has 0 aliphatic carbocycles. The molecule has 98 valence electrons. The number of aryl methyl sites for hydroxylation is 1. The van der Waals surface area contributed by atoms with E-state index in [1.165, 1.54) is 18.3 Å². The van der Waals surface area contributed by atoms with E-state index in [-0.39, 0.29) is 17.4 Å². The van der Waals surface area contributed by atoms with Crippen LogP contribution in [0.1, 0.15) is 35.3 Å². The molecular weight excluding hydrogens is 246 g/mol. The maximum Gasteiger partial charge on any atom is 0.341 e. The van der Waals surface area contributed by atoms with Crippen molar-refractivity contribution >= 4 is 16.9 Å².